The van der Waals surface area contributed by atoms with Crippen molar-refractivity contribution in [2.24, 2.45) is 44.8 Å². The van der Waals surface area contributed by atoms with Gasteiger partial charge >= 0.3 is 5.97 Å². The maximum atomic E-state index is 13.9. The highest BCUT2D eigenvalue weighted by Crippen LogP contribution is 2.76. The highest BCUT2D eigenvalue weighted by molar-refractivity contribution is 6.21. The average molecular weight is 431 g/mol. The van der Waals surface area contributed by atoms with Gasteiger partial charge in [0, 0.05) is 5.41 Å². The van der Waals surface area contributed by atoms with E-state index < -0.39 is 28.1 Å². The van der Waals surface area contributed by atoms with E-state index in [1.807, 2.05) is 6.92 Å². The van der Waals surface area contributed by atoms with Gasteiger partial charge in [-0.05, 0) is 79.6 Å². The Labute approximate surface area is 186 Å². The van der Waals surface area contributed by atoms with Crippen molar-refractivity contribution in [1.82, 2.24) is 0 Å². The van der Waals surface area contributed by atoms with Crippen LogP contribution in [0, 0.1) is 44.8 Å². The van der Waals surface area contributed by atoms with E-state index >= 15 is 0 Å². The van der Waals surface area contributed by atoms with Gasteiger partial charge < -0.3 is 9.84 Å². The molecular weight excluding hydrogens is 392 g/mol. The zero-order valence-corrected chi connectivity index (χ0v) is 20.1. The second-order valence-electron chi connectivity index (χ2n) is 12.1. The van der Waals surface area contributed by atoms with Crippen LogP contribution in [0.15, 0.2) is 12.2 Å². The Hall–Kier alpha value is -1.49. The maximum Gasteiger partial charge on any atom is 0.324 e. The zero-order valence-electron chi connectivity index (χ0n) is 20.1. The van der Waals surface area contributed by atoms with Crippen molar-refractivity contribution >= 4 is 17.5 Å². The van der Waals surface area contributed by atoms with Crippen LogP contribution in [0.1, 0.15) is 73.6 Å². The molecule has 0 saturated heterocycles. The number of aliphatic hydroxyl groups is 1. The molecule has 172 valence electrons. The van der Waals surface area contributed by atoms with Crippen LogP contribution < -0.4 is 0 Å². The zero-order chi connectivity index (χ0) is 23.4. The van der Waals surface area contributed by atoms with Crippen molar-refractivity contribution in [2.45, 2.75) is 79.8 Å². The normalized spacial score (nSPS) is 51.0. The smallest absolute Gasteiger partial charge is 0.324 e. The Bertz CT molecular complexity index is 888. The number of ether oxygens (including phenoxy) is 1. The van der Waals surface area contributed by atoms with E-state index in [0.29, 0.717) is 24.8 Å². The minimum Gasteiger partial charge on any atom is -0.468 e. The minimum absolute atomic E-state index is 0.0273. The number of aliphatic hydroxyl groups excluding tert-OH is 1. The molecule has 0 heterocycles. The Morgan fingerprint density at radius 2 is 1.65 bits per heavy atom. The first-order valence-electron chi connectivity index (χ1n) is 11.7. The van der Waals surface area contributed by atoms with Crippen LogP contribution in [0.25, 0.3) is 0 Å². The van der Waals surface area contributed by atoms with Gasteiger partial charge in [0.25, 0.3) is 0 Å². The molecule has 0 aliphatic heterocycles. The summed E-state index contributed by atoms with van der Waals surface area (Å²) in [5.74, 6) is -1.64. The molecule has 1 unspecified atom stereocenters. The van der Waals surface area contributed by atoms with Crippen molar-refractivity contribution in [3.63, 3.8) is 0 Å². The molecule has 5 nitrogen and oxygen atoms in total. The standard InChI is InChI=1S/C26H38O5/c1-14-19(28)24(6)13-17-23(5)11-10-18(27)22(3,4)16(23)9-12-25(17,7)26(15(24)2,20(14)29)21(30)31-8/h14,16-18,27H,2,9-13H2,1,3-8H3/t14?,16-,17+,18-,23-,24-,25+,26+/m1/s1. The number of Topliss-reactive ketones (excluding diaryl/α,β-unsaturated/α-hetero) is 2. The molecule has 4 saturated carbocycles. The summed E-state index contributed by atoms with van der Waals surface area (Å²) in [6.07, 6.45) is 3.23. The highest BCUT2D eigenvalue weighted by atomic mass is 16.5. The molecule has 0 spiro atoms. The van der Waals surface area contributed by atoms with Crippen LogP contribution in [-0.4, -0.2) is 35.9 Å². The number of ketones is 2. The summed E-state index contributed by atoms with van der Waals surface area (Å²) in [6, 6.07) is 0. The van der Waals surface area contributed by atoms with E-state index in [-0.39, 0.29) is 40.3 Å². The van der Waals surface area contributed by atoms with Gasteiger partial charge in [0.15, 0.2) is 17.0 Å². The van der Waals surface area contributed by atoms with Crippen LogP contribution in [-0.2, 0) is 19.1 Å². The average Bonchev–Trinajstić information content (AvgIpc) is 2.71. The third-order valence-electron chi connectivity index (χ3n) is 10.8. The molecule has 31 heavy (non-hydrogen) atoms. The minimum atomic E-state index is -1.50. The monoisotopic (exact) mass is 430 g/mol. The Balaban J connectivity index is 2.00. The van der Waals surface area contributed by atoms with E-state index in [0.717, 1.165) is 12.8 Å². The lowest BCUT2D eigenvalue weighted by atomic mass is 9.30. The number of hydrogen-bond donors (Lipinski definition) is 1. The summed E-state index contributed by atoms with van der Waals surface area (Å²) in [4.78, 5) is 40.9. The van der Waals surface area contributed by atoms with Crippen LogP contribution in [0.2, 0.25) is 0 Å². The van der Waals surface area contributed by atoms with E-state index in [1.165, 1.54) is 7.11 Å². The fraction of sp³-hybridized carbons (Fsp3) is 0.808. The van der Waals surface area contributed by atoms with Gasteiger partial charge in [0.05, 0.1) is 19.1 Å². The molecule has 4 aliphatic rings. The molecule has 4 fully saturated rings. The lowest BCUT2D eigenvalue weighted by Gasteiger charge is -2.71. The van der Waals surface area contributed by atoms with Gasteiger partial charge in [-0.3, -0.25) is 14.4 Å². The van der Waals surface area contributed by atoms with Gasteiger partial charge in [-0.2, -0.15) is 0 Å². The van der Waals surface area contributed by atoms with Gasteiger partial charge in [0.1, 0.15) is 0 Å². The number of carbonyl (C=O) groups excluding carboxylic acids is 3. The number of hydrogen-bond acceptors (Lipinski definition) is 5. The van der Waals surface area contributed by atoms with Crippen LogP contribution in [0.3, 0.4) is 0 Å². The molecule has 0 aromatic heterocycles. The first-order valence-corrected chi connectivity index (χ1v) is 11.7. The first-order chi connectivity index (χ1) is 14.2. The molecule has 4 aliphatic carbocycles. The van der Waals surface area contributed by atoms with E-state index in [2.05, 4.69) is 34.3 Å². The first kappa shape index (κ1) is 22.7. The molecule has 5 heteroatoms. The predicted octanol–water partition coefficient (Wildman–Crippen LogP) is 4.12. The van der Waals surface area contributed by atoms with Gasteiger partial charge in [-0.25, -0.2) is 0 Å². The summed E-state index contributed by atoms with van der Waals surface area (Å²) < 4.78 is 5.30. The number of esters is 1. The molecule has 8 atom stereocenters. The predicted molar refractivity (Wildman–Crippen MR) is 117 cm³/mol. The summed E-state index contributed by atoms with van der Waals surface area (Å²) in [5.41, 5.74) is -3.13. The third-order valence-corrected chi connectivity index (χ3v) is 10.8. The molecule has 1 N–H and O–H groups in total. The Morgan fingerprint density at radius 1 is 1.03 bits per heavy atom. The van der Waals surface area contributed by atoms with Gasteiger partial charge in [-0.15, -0.1) is 0 Å². The number of fused-ring (bicyclic) bond motifs is 6. The van der Waals surface area contributed by atoms with Crippen molar-refractivity contribution in [1.29, 1.82) is 0 Å². The van der Waals surface area contributed by atoms with Gasteiger partial charge in [0.2, 0.25) is 0 Å². The molecule has 0 aromatic carbocycles. The highest BCUT2D eigenvalue weighted by Gasteiger charge is 2.78. The lowest BCUT2D eigenvalue weighted by Crippen LogP contribution is -2.73. The van der Waals surface area contributed by atoms with E-state index in [1.54, 1.807) is 6.92 Å². The van der Waals surface area contributed by atoms with E-state index in [9.17, 15) is 19.5 Å². The molecule has 0 aromatic rings. The SMILES string of the molecule is C=C1[C@@]2(C)C[C@H]3[C@]4(C)CC[C@@H](O)C(C)(C)[C@H]4CC[C@]3(C)[C@]1(C(=O)OC)C(=O)C(C)C2=O. The number of carbonyl (C=O) groups is 3. The second kappa shape index (κ2) is 6.30. The summed E-state index contributed by atoms with van der Waals surface area (Å²) >= 11 is 0. The van der Waals surface area contributed by atoms with Crippen molar-refractivity contribution in [2.75, 3.05) is 7.11 Å². The van der Waals surface area contributed by atoms with Crippen molar-refractivity contribution < 1.29 is 24.2 Å². The summed E-state index contributed by atoms with van der Waals surface area (Å²) in [6.45, 7) is 16.4. The Morgan fingerprint density at radius 3 is 2.23 bits per heavy atom. The molecule has 4 rings (SSSR count). The third kappa shape index (κ3) is 2.24. The van der Waals surface area contributed by atoms with Crippen LogP contribution in [0.5, 0.6) is 0 Å². The topological polar surface area (TPSA) is 80.7 Å². The number of methoxy groups -OCH3 is 1. The summed E-state index contributed by atoms with van der Waals surface area (Å²) in [5, 5.41) is 10.8. The molecule has 0 amide bonds. The van der Waals surface area contributed by atoms with Gasteiger partial charge in [-0.1, -0.05) is 34.3 Å². The fourth-order valence-corrected chi connectivity index (χ4v) is 8.95. The molecule has 2 bridgehead atoms. The lowest BCUT2D eigenvalue weighted by molar-refractivity contribution is -0.225. The largest absolute Gasteiger partial charge is 0.468 e. The molecule has 0 radical (unpaired) electrons. The van der Waals surface area contributed by atoms with Crippen molar-refractivity contribution in [3.8, 4) is 0 Å². The quantitative estimate of drug-likeness (QED) is 0.384. The van der Waals surface area contributed by atoms with Crippen LogP contribution >= 0.6 is 0 Å². The maximum absolute atomic E-state index is 13.9. The Kier molecular flexibility index (Phi) is 4.61. The fourth-order valence-electron chi connectivity index (χ4n) is 8.95. The van der Waals surface area contributed by atoms with E-state index in [4.69, 9.17) is 4.74 Å². The van der Waals surface area contributed by atoms with Crippen LogP contribution in [0.4, 0.5) is 0 Å². The number of rotatable bonds is 1. The molecular formula is C26H38O5. The second-order valence-corrected chi connectivity index (χ2v) is 12.1. The van der Waals surface area contributed by atoms with Crippen molar-refractivity contribution in [3.05, 3.63) is 12.2 Å². The summed E-state index contributed by atoms with van der Waals surface area (Å²) in [7, 11) is 1.33.